The van der Waals surface area contributed by atoms with Crippen LogP contribution in [0.2, 0.25) is 0 Å². The van der Waals surface area contributed by atoms with Gasteiger partial charge in [0.1, 0.15) is 15.8 Å². The number of carbonyl (C=O) groups is 1. The fourth-order valence-electron chi connectivity index (χ4n) is 3.14. The van der Waals surface area contributed by atoms with Crippen LogP contribution in [0.5, 0.6) is 0 Å². The largest absolute Gasteiger partial charge is 0.457 e. The summed E-state index contributed by atoms with van der Waals surface area (Å²) in [4.78, 5) is 14.7. The number of alkyl halides is 3. The van der Waals surface area contributed by atoms with Crippen LogP contribution in [0.15, 0.2) is 76.1 Å². The average molecular weight is 460 g/mol. The van der Waals surface area contributed by atoms with Crippen molar-refractivity contribution in [1.29, 1.82) is 0 Å². The molecule has 1 aliphatic rings. The van der Waals surface area contributed by atoms with Gasteiger partial charge in [-0.25, -0.2) is 0 Å². The molecule has 1 fully saturated rings. The molecule has 31 heavy (non-hydrogen) atoms. The average Bonchev–Trinajstić information content (AvgIpc) is 3.32. The Labute approximate surface area is 186 Å². The number of halogens is 3. The van der Waals surface area contributed by atoms with Crippen LogP contribution in [0, 0.1) is 0 Å². The number of furan rings is 1. The monoisotopic (exact) mass is 459 g/mol. The van der Waals surface area contributed by atoms with E-state index in [0.717, 1.165) is 17.7 Å². The first kappa shape index (κ1) is 21.4. The van der Waals surface area contributed by atoms with E-state index >= 15 is 0 Å². The van der Waals surface area contributed by atoms with Crippen molar-refractivity contribution in [3.05, 3.63) is 88.5 Å². The molecule has 0 saturated carbocycles. The second kappa shape index (κ2) is 8.72. The molecular formula is C23H16F3NO2S2. The Hall–Kier alpha value is -2.84. The normalized spacial score (nSPS) is 15.8. The van der Waals surface area contributed by atoms with Gasteiger partial charge in [0.2, 0.25) is 0 Å². The molecule has 0 spiro atoms. The highest BCUT2D eigenvalue weighted by atomic mass is 32.2. The van der Waals surface area contributed by atoms with Gasteiger partial charge in [0.05, 0.1) is 10.5 Å². The van der Waals surface area contributed by atoms with Crippen molar-refractivity contribution < 1.29 is 22.4 Å². The van der Waals surface area contributed by atoms with Gasteiger partial charge in [0.15, 0.2) is 0 Å². The molecule has 0 aliphatic carbocycles. The van der Waals surface area contributed by atoms with E-state index in [2.05, 4.69) is 0 Å². The molecule has 0 bridgehead atoms. The molecule has 1 aromatic heterocycles. The van der Waals surface area contributed by atoms with Crippen molar-refractivity contribution in [2.75, 3.05) is 6.54 Å². The molecule has 3 nitrogen and oxygen atoms in total. The maximum atomic E-state index is 12.9. The molecule has 0 atom stereocenters. The summed E-state index contributed by atoms with van der Waals surface area (Å²) in [6, 6.07) is 17.9. The van der Waals surface area contributed by atoms with Gasteiger partial charge in [-0.05, 0) is 36.2 Å². The van der Waals surface area contributed by atoms with Gasteiger partial charge in [-0.15, -0.1) is 0 Å². The minimum Gasteiger partial charge on any atom is -0.457 e. The molecule has 0 N–H and O–H groups in total. The maximum Gasteiger partial charge on any atom is 0.416 e. The van der Waals surface area contributed by atoms with Crippen molar-refractivity contribution in [3.63, 3.8) is 0 Å². The van der Waals surface area contributed by atoms with E-state index in [1.807, 2.05) is 30.3 Å². The Morgan fingerprint density at radius 3 is 2.55 bits per heavy atom. The lowest BCUT2D eigenvalue weighted by molar-refractivity contribution is -0.137. The lowest BCUT2D eigenvalue weighted by Gasteiger charge is -2.14. The zero-order valence-corrected chi connectivity index (χ0v) is 17.7. The van der Waals surface area contributed by atoms with Gasteiger partial charge in [0, 0.05) is 18.2 Å². The summed E-state index contributed by atoms with van der Waals surface area (Å²) in [5.74, 6) is 0.454. The number of hydrogen-bond donors (Lipinski definition) is 0. The molecule has 1 saturated heterocycles. The van der Waals surface area contributed by atoms with Crippen LogP contribution < -0.4 is 0 Å². The number of carbonyl (C=O) groups excluding carboxylic acids is 1. The maximum absolute atomic E-state index is 12.9. The van der Waals surface area contributed by atoms with Crippen molar-refractivity contribution in [2.45, 2.75) is 12.6 Å². The van der Waals surface area contributed by atoms with E-state index < -0.39 is 11.7 Å². The lowest BCUT2D eigenvalue weighted by Crippen LogP contribution is -2.30. The number of hydrogen-bond acceptors (Lipinski definition) is 4. The summed E-state index contributed by atoms with van der Waals surface area (Å²) in [6.07, 6.45) is -2.18. The standard InChI is InChI=1S/C23H16F3NO2S2/c24-23(25,26)17-8-4-7-16(13-17)19-10-9-18(29-19)14-20-21(28)27(22(30)31-20)12-11-15-5-2-1-3-6-15/h1-10,13-14H,11-12H2. The number of rotatable bonds is 5. The summed E-state index contributed by atoms with van der Waals surface area (Å²) < 4.78 is 45.0. The first-order valence-electron chi connectivity index (χ1n) is 9.38. The highest BCUT2D eigenvalue weighted by Crippen LogP contribution is 2.35. The number of amides is 1. The summed E-state index contributed by atoms with van der Waals surface area (Å²) in [7, 11) is 0. The predicted octanol–water partition coefficient (Wildman–Crippen LogP) is 6.41. The quantitative estimate of drug-likeness (QED) is 0.326. The highest BCUT2D eigenvalue weighted by molar-refractivity contribution is 8.26. The minimum absolute atomic E-state index is 0.206. The molecule has 3 aromatic rings. The number of thiocarbonyl (C=S) groups is 1. The highest BCUT2D eigenvalue weighted by Gasteiger charge is 2.32. The zero-order valence-electron chi connectivity index (χ0n) is 16.1. The Bertz CT molecular complexity index is 1150. The molecule has 1 aliphatic heterocycles. The SMILES string of the molecule is O=C1C(=Cc2ccc(-c3cccc(C(F)(F)F)c3)o2)SC(=S)N1CCc1ccccc1. The summed E-state index contributed by atoms with van der Waals surface area (Å²) >= 11 is 6.53. The van der Waals surface area contributed by atoms with Crippen LogP contribution in [-0.4, -0.2) is 21.7 Å². The van der Waals surface area contributed by atoms with Gasteiger partial charge in [0.25, 0.3) is 5.91 Å². The Morgan fingerprint density at radius 2 is 1.81 bits per heavy atom. The molecule has 0 unspecified atom stereocenters. The van der Waals surface area contributed by atoms with E-state index in [-0.39, 0.29) is 11.7 Å². The molecule has 2 heterocycles. The number of benzene rings is 2. The first-order chi connectivity index (χ1) is 14.8. The molecule has 158 valence electrons. The van der Waals surface area contributed by atoms with Crippen LogP contribution in [0.4, 0.5) is 13.2 Å². The molecule has 4 rings (SSSR count). The zero-order chi connectivity index (χ0) is 22.0. The van der Waals surface area contributed by atoms with Crippen molar-refractivity contribution in [3.8, 4) is 11.3 Å². The van der Waals surface area contributed by atoms with Gasteiger partial charge in [-0.1, -0.05) is 66.4 Å². The van der Waals surface area contributed by atoms with Gasteiger partial charge in [-0.3, -0.25) is 9.69 Å². The van der Waals surface area contributed by atoms with Crippen LogP contribution in [0.1, 0.15) is 16.9 Å². The van der Waals surface area contributed by atoms with E-state index in [4.69, 9.17) is 16.6 Å². The first-order valence-corrected chi connectivity index (χ1v) is 10.6. The van der Waals surface area contributed by atoms with Crippen LogP contribution >= 0.6 is 24.0 Å². The second-order valence-electron chi connectivity index (χ2n) is 6.85. The topological polar surface area (TPSA) is 33.5 Å². The summed E-state index contributed by atoms with van der Waals surface area (Å²) in [5, 5.41) is 0. The molecule has 8 heteroatoms. The molecule has 0 radical (unpaired) electrons. The van der Waals surface area contributed by atoms with Gasteiger partial charge >= 0.3 is 6.18 Å². The third kappa shape index (κ3) is 4.91. The Kier molecular flexibility index (Phi) is 6.02. The van der Waals surface area contributed by atoms with Crippen molar-refractivity contribution in [1.82, 2.24) is 4.90 Å². The van der Waals surface area contributed by atoms with E-state index in [1.165, 1.54) is 17.8 Å². The molecule has 1 amide bonds. The minimum atomic E-state index is -4.43. The molecule has 2 aromatic carbocycles. The number of thioether (sulfide) groups is 1. The Morgan fingerprint density at radius 1 is 1.03 bits per heavy atom. The van der Waals surface area contributed by atoms with E-state index in [0.29, 0.717) is 33.5 Å². The van der Waals surface area contributed by atoms with Crippen LogP contribution in [0.25, 0.3) is 17.4 Å². The summed E-state index contributed by atoms with van der Waals surface area (Å²) in [5.41, 5.74) is 0.671. The number of nitrogens with zero attached hydrogens (tertiary/aromatic N) is 1. The fourth-order valence-corrected chi connectivity index (χ4v) is 4.43. The fraction of sp³-hybridized carbons (Fsp3) is 0.130. The third-order valence-electron chi connectivity index (χ3n) is 4.72. The van der Waals surface area contributed by atoms with Crippen molar-refractivity contribution >= 4 is 40.3 Å². The van der Waals surface area contributed by atoms with Gasteiger partial charge in [-0.2, -0.15) is 13.2 Å². The van der Waals surface area contributed by atoms with Crippen LogP contribution in [0.3, 0.4) is 0 Å². The third-order valence-corrected chi connectivity index (χ3v) is 6.09. The summed E-state index contributed by atoms with van der Waals surface area (Å²) in [6.45, 7) is 0.472. The predicted molar refractivity (Wildman–Crippen MR) is 119 cm³/mol. The van der Waals surface area contributed by atoms with E-state index in [9.17, 15) is 18.0 Å². The molecular weight excluding hydrogens is 443 g/mol. The van der Waals surface area contributed by atoms with Crippen LogP contribution in [-0.2, 0) is 17.4 Å². The second-order valence-corrected chi connectivity index (χ2v) is 8.53. The lowest BCUT2D eigenvalue weighted by atomic mass is 10.1. The van der Waals surface area contributed by atoms with E-state index in [1.54, 1.807) is 29.2 Å². The van der Waals surface area contributed by atoms with Gasteiger partial charge < -0.3 is 4.42 Å². The Balaban J connectivity index is 1.49. The smallest absolute Gasteiger partial charge is 0.416 e. The van der Waals surface area contributed by atoms with Crippen molar-refractivity contribution in [2.24, 2.45) is 0 Å².